The van der Waals surface area contributed by atoms with Gasteiger partial charge in [-0.2, -0.15) is 5.10 Å². The molecule has 2 aromatic heterocycles. The van der Waals surface area contributed by atoms with Gasteiger partial charge >= 0.3 is 0 Å². The SMILES string of the molecule is Cn1nccc1-c1nc([C@@H]2C[C@H]2c2ccccc2)cs1. The second-order valence-electron chi connectivity index (χ2n) is 5.28. The van der Waals surface area contributed by atoms with Gasteiger partial charge in [0, 0.05) is 24.5 Å². The van der Waals surface area contributed by atoms with Crippen molar-refractivity contribution in [2.24, 2.45) is 7.05 Å². The number of hydrogen-bond donors (Lipinski definition) is 0. The summed E-state index contributed by atoms with van der Waals surface area (Å²) in [6.45, 7) is 0. The summed E-state index contributed by atoms with van der Waals surface area (Å²) in [7, 11) is 1.96. The molecule has 2 atom stereocenters. The van der Waals surface area contributed by atoms with Gasteiger partial charge < -0.3 is 0 Å². The van der Waals surface area contributed by atoms with Crippen LogP contribution in [0.15, 0.2) is 48.0 Å². The third kappa shape index (κ3) is 1.96. The average molecular weight is 281 g/mol. The summed E-state index contributed by atoms with van der Waals surface area (Å²) >= 11 is 1.72. The van der Waals surface area contributed by atoms with Gasteiger partial charge in [0.2, 0.25) is 0 Å². The Balaban J connectivity index is 1.57. The van der Waals surface area contributed by atoms with Crippen LogP contribution in [0.2, 0.25) is 0 Å². The standard InChI is InChI=1S/C16H15N3S/c1-19-15(7-8-17-19)16-18-14(10-20-16)13-9-12(13)11-5-3-2-4-6-11/h2-8,10,12-13H,9H2,1H3/t12-,13+/m0/s1. The minimum atomic E-state index is 0.593. The van der Waals surface area contributed by atoms with E-state index in [0.717, 1.165) is 10.7 Å². The molecule has 0 radical (unpaired) electrons. The molecule has 1 aliphatic rings. The molecule has 2 heterocycles. The number of aryl methyl sites for hydroxylation is 1. The van der Waals surface area contributed by atoms with E-state index in [9.17, 15) is 0 Å². The maximum absolute atomic E-state index is 4.81. The molecule has 1 fully saturated rings. The zero-order valence-electron chi connectivity index (χ0n) is 11.2. The highest BCUT2D eigenvalue weighted by Gasteiger charge is 2.41. The molecule has 1 saturated carbocycles. The Bertz CT molecular complexity index is 729. The van der Waals surface area contributed by atoms with Crippen molar-refractivity contribution in [3.05, 3.63) is 59.2 Å². The Kier molecular flexibility index (Phi) is 2.70. The highest BCUT2D eigenvalue weighted by molar-refractivity contribution is 7.13. The molecule has 0 N–H and O–H groups in total. The van der Waals surface area contributed by atoms with Crippen molar-refractivity contribution in [2.45, 2.75) is 18.3 Å². The van der Waals surface area contributed by atoms with Gasteiger partial charge in [0.05, 0.1) is 11.4 Å². The Morgan fingerprint density at radius 2 is 2.00 bits per heavy atom. The number of benzene rings is 1. The minimum absolute atomic E-state index is 0.593. The van der Waals surface area contributed by atoms with E-state index in [4.69, 9.17) is 4.98 Å². The van der Waals surface area contributed by atoms with Crippen LogP contribution in [0.5, 0.6) is 0 Å². The predicted octanol–water partition coefficient (Wildman–Crippen LogP) is 3.81. The smallest absolute Gasteiger partial charge is 0.141 e. The van der Waals surface area contributed by atoms with Gasteiger partial charge in [-0.05, 0) is 24.0 Å². The number of rotatable bonds is 3. The normalized spacial score (nSPS) is 21.1. The lowest BCUT2D eigenvalue weighted by Crippen LogP contribution is -1.93. The van der Waals surface area contributed by atoms with E-state index in [-0.39, 0.29) is 0 Å². The fourth-order valence-corrected chi connectivity index (χ4v) is 3.69. The van der Waals surface area contributed by atoms with Crippen LogP contribution in [-0.2, 0) is 7.05 Å². The molecule has 0 bridgehead atoms. The molecule has 0 saturated heterocycles. The third-order valence-corrected chi connectivity index (χ3v) is 4.84. The highest BCUT2D eigenvalue weighted by atomic mass is 32.1. The van der Waals surface area contributed by atoms with Gasteiger partial charge in [-0.15, -0.1) is 11.3 Å². The molecular weight excluding hydrogens is 266 g/mol. The van der Waals surface area contributed by atoms with Gasteiger partial charge in [0.1, 0.15) is 5.01 Å². The zero-order valence-corrected chi connectivity index (χ0v) is 12.0. The molecule has 0 amide bonds. The van der Waals surface area contributed by atoms with E-state index in [0.29, 0.717) is 11.8 Å². The van der Waals surface area contributed by atoms with Crippen molar-refractivity contribution >= 4 is 11.3 Å². The van der Waals surface area contributed by atoms with Crippen molar-refractivity contribution in [1.82, 2.24) is 14.8 Å². The van der Waals surface area contributed by atoms with Crippen molar-refractivity contribution in [3.63, 3.8) is 0 Å². The average Bonchev–Trinajstić information content (AvgIpc) is 2.92. The Labute approximate surface area is 121 Å². The fourth-order valence-electron chi connectivity index (χ4n) is 2.75. The molecule has 0 spiro atoms. The molecule has 4 heteroatoms. The molecular formula is C16H15N3S. The quantitative estimate of drug-likeness (QED) is 0.731. The summed E-state index contributed by atoms with van der Waals surface area (Å²) in [5, 5.41) is 7.48. The van der Waals surface area contributed by atoms with E-state index in [1.165, 1.54) is 17.7 Å². The van der Waals surface area contributed by atoms with E-state index >= 15 is 0 Å². The van der Waals surface area contributed by atoms with E-state index in [1.54, 1.807) is 11.3 Å². The highest BCUT2D eigenvalue weighted by Crippen LogP contribution is 2.54. The lowest BCUT2D eigenvalue weighted by Gasteiger charge is -1.98. The third-order valence-electron chi connectivity index (χ3n) is 3.96. The second kappa shape index (κ2) is 4.56. The predicted molar refractivity (Wildman–Crippen MR) is 80.9 cm³/mol. The number of hydrogen-bond acceptors (Lipinski definition) is 3. The van der Waals surface area contributed by atoms with Crippen LogP contribution in [0.4, 0.5) is 0 Å². The summed E-state index contributed by atoms with van der Waals surface area (Å²) in [5.74, 6) is 1.24. The Morgan fingerprint density at radius 1 is 1.15 bits per heavy atom. The van der Waals surface area contributed by atoms with Crippen molar-refractivity contribution in [2.75, 3.05) is 0 Å². The number of thiazole rings is 1. The minimum Gasteiger partial charge on any atom is -0.266 e. The monoisotopic (exact) mass is 281 g/mol. The molecule has 1 aromatic carbocycles. The molecule has 0 unspecified atom stereocenters. The van der Waals surface area contributed by atoms with Gasteiger partial charge in [-0.1, -0.05) is 30.3 Å². The first kappa shape index (κ1) is 11.9. The molecule has 100 valence electrons. The van der Waals surface area contributed by atoms with Crippen molar-refractivity contribution in [1.29, 1.82) is 0 Å². The van der Waals surface area contributed by atoms with Crippen LogP contribution in [0, 0.1) is 0 Å². The number of aromatic nitrogens is 3. The molecule has 1 aliphatic carbocycles. The second-order valence-corrected chi connectivity index (χ2v) is 6.14. The van der Waals surface area contributed by atoms with Crippen LogP contribution >= 0.6 is 11.3 Å². The fraction of sp³-hybridized carbons (Fsp3) is 0.250. The van der Waals surface area contributed by atoms with Crippen molar-refractivity contribution in [3.8, 4) is 10.7 Å². The van der Waals surface area contributed by atoms with Gasteiger partial charge in [0.15, 0.2) is 0 Å². The first-order valence-electron chi connectivity index (χ1n) is 6.81. The maximum Gasteiger partial charge on any atom is 0.141 e. The summed E-state index contributed by atoms with van der Waals surface area (Å²) in [4.78, 5) is 4.81. The summed E-state index contributed by atoms with van der Waals surface area (Å²) in [6, 6.07) is 12.8. The zero-order chi connectivity index (χ0) is 13.5. The van der Waals surface area contributed by atoms with Crippen molar-refractivity contribution < 1.29 is 0 Å². The van der Waals surface area contributed by atoms with Crippen LogP contribution in [0.25, 0.3) is 10.7 Å². The molecule has 3 aromatic rings. The van der Waals surface area contributed by atoms with E-state index < -0.39 is 0 Å². The van der Waals surface area contributed by atoms with Crippen LogP contribution in [0.1, 0.15) is 29.5 Å². The summed E-state index contributed by atoms with van der Waals surface area (Å²) < 4.78 is 1.88. The van der Waals surface area contributed by atoms with Crippen LogP contribution in [0.3, 0.4) is 0 Å². The van der Waals surface area contributed by atoms with E-state index in [1.807, 2.05) is 24.0 Å². The van der Waals surface area contributed by atoms with E-state index in [2.05, 4.69) is 40.8 Å². The summed E-state index contributed by atoms with van der Waals surface area (Å²) in [6.07, 6.45) is 3.04. The van der Waals surface area contributed by atoms with Gasteiger partial charge in [-0.25, -0.2) is 4.98 Å². The molecule has 3 nitrogen and oxygen atoms in total. The first-order chi connectivity index (χ1) is 9.83. The first-order valence-corrected chi connectivity index (χ1v) is 7.69. The molecule has 4 rings (SSSR count). The Morgan fingerprint density at radius 3 is 2.75 bits per heavy atom. The van der Waals surface area contributed by atoms with Gasteiger partial charge in [0.25, 0.3) is 0 Å². The largest absolute Gasteiger partial charge is 0.266 e. The van der Waals surface area contributed by atoms with Crippen LogP contribution < -0.4 is 0 Å². The number of nitrogens with zero attached hydrogens (tertiary/aromatic N) is 3. The Hall–Kier alpha value is -1.94. The summed E-state index contributed by atoms with van der Waals surface area (Å²) in [5.41, 5.74) is 3.77. The molecule has 0 aliphatic heterocycles. The van der Waals surface area contributed by atoms with Crippen LogP contribution in [-0.4, -0.2) is 14.8 Å². The molecule has 20 heavy (non-hydrogen) atoms. The lowest BCUT2D eigenvalue weighted by molar-refractivity contribution is 0.774. The van der Waals surface area contributed by atoms with Gasteiger partial charge in [-0.3, -0.25) is 4.68 Å². The maximum atomic E-state index is 4.81. The lowest BCUT2D eigenvalue weighted by atomic mass is 10.1. The topological polar surface area (TPSA) is 30.7 Å².